The number of benzene rings is 2. The average molecular weight is 815 g/mol. The van der Waals surface area contributed by atoms with Crippen LogP contribution < -0.4 is 45.7 Å². The quantitative estimate of drug-likeness (QED) is 0.180. The minimum Gasteiger partial charge on any atom is -0.492 e. The summed E-state index contributed by atoms with van der Waals surface area (Å²) < 4.78 is 13.1. The van der Waals surface area contributed by atoms with Crippen LogP contribution in [0, 0.1) is 5.92 Å². The topological polar surface area (TPSA) is 166 Å². The van der Waals surface area contributed by atoms with Crippen molar-refractivity contribution in [1.29, 1.82) is 0 Å². The number of anilines is 5. The lowest BCUT2D eigenvalue weighted by Crippen LogP contribution is -2.49. The zero-order chi connectivity index (χ0) is 40.9. The predicted octanol–water partition coefficient (Wildman–Crippen LogP) is 4.78. The Labute approximate surface area is 342 Å². The van der Waals surface area contributed by atoms with Crippen molar-refractivity contribution in [2.45, 2.75) is 45.6 Å². The monoisotopic (exact) mass is 814 g/mol. The fourth-order valence-electron chi connectivity index (χ4n) is 8.02. The van der Waals surface area contributed by atoms with E-state index in [2.05, 4.69) is 35.6 Å². The molecule has 3 saturated heterocycles. The molecule has 3 aliphatic rings. The summed E-state index contributed by atoms with van der Waals surface area (Å²) in [6, 6.07) is 12.6. The second kappa shape index (κ2) is 17.9. The Kier molecular flexibility index (Phi) is 12.5. The Morgan fingerprint density at radius 1 is 0.983 bits per heavy atom. The number of methoxy groups -OCH3 is 1. The Morgan fingerprint density at radius 3 is 2.52 bits per heavy atom. The van der Waals surface area contributed by atoms with E-state index in [0.717, 1.165) is 87.4 Å². The van der Waals surface area contributed by atoms with Crippen LogP contribution in [0.3, 0.4) is 0 Å². The Bertz CT molecular complexity index is 2230. The van der Waals surface area contributed by atoms with Crippen molar-refractivity contribution >= 4 is 69.2 Å². The van der Waals surface area contributed by atoms with Crippen LogP contribution in [0.4, 0.5) is 33.6 Å². The van der Waals surface area contributed by atoms with E-state index in [0.29, 0.717) is 40.7 Å². The second-order valence-electron chi connectivity index (χ2n) is 15.2. The number of ether oxygens (including phenoxy) is 2. The number of halogens is 1. The van der Waals surface area contributed by atoms with Crippen molar-refractivity contribution in [2.75, 3.05) is 93.1 Å². The van der Waals surface area contributed by atoms with E-state index in [-0.39, 0.29) is 42.2 Å². The summed E-state index contributed by atoms with van der Waals surface area (Å²) in [5.41, 5.74) is 2.77. The number of carbonyl (C=O) groups is 3. The highest BCUT2D eigenvalue weighted by atomic mass is 35.5. The molecule has 3 aliphatic heterocycles. The van der Waals surface area contributed by atoms with Crippen LogP contribution in [0.25, 0.3) is 10.9 Å². The number of hydrogen-bond donors (Lipinski definition) is 3. The van der Waals surface area contributed by atoms with Gasteiger partial charge in [0.15, 0.2) is 23.9 Å². The number of aromatic nitrogens is 3. The summed E-state index contributed by atoms with van der Waals surface area (Å²) in [7, 11) is 3.14. The SMILES string of the molecule is CNC(=O)COc1cc2cc(Nc3nc(N4CCC(CN5CCCN(c6cccc(N7CCC(=O)NC7=O)c6OC)CC5)CC4)ncc3Cl)ccc2n(C(C)C)c1=O. The van der Waals surface area contributed by atoms with Crippen molar-refractivity contribution in [3.05, 3.63) is 64.0 Å². The Morgan fingerprint density at radius 2 is 1.78 bits per heavy atom. The molecule has 4 aromatic rings. The van der Waals surface area contributed by atoms with E-state index in [4.69, 9.17) is 26.1 Å². The zero-order valence-electron chi connectivity index (χ0n) is 33.4. The lowest BCUT2D eigenvalue weighted by Gasteiger charge is -2.35. The van der Waals surface area contributed by atoms with Gasteiger partial charge in [-0.3, -0.25) is 24.6 Å². The van der Waals surface area contributed by atoms with Crippen LogP contribution in [0.1, 0.15) is 45.6 Å². The highest BCUT2D eigenvalue weighted by molar-refractivity contribution is 6.33. The molecule has 0 unspecified atom stereocenters. The number of carbonyl (C=O) groups excluding carboxylic acids is 3. The average Bonchev–Trinajstić information content (AvgIpc) is 3.46. The maximum atomic E-state index is 13.2. The molecule has 5 heterocycles. The molecular formula is C41H51ClN10O6. The third-order valence-electron chi connectivity index (χ3n) is 11.0. The van der Waals surface area contributed by atoms with Crippen LogP contribution in [0.2, 0.25) is 5.02 Å². The van der Waals surface area contributed by atoms with Gasteiger partial charge in [0.05, 0.1) is 30.2 Å². The van der Waals surface area contributed by atoms with Gasteiger partial charge in [0.1, 0.15) is 5.02 Å². The summed E-state index contributed by atoms with van der Waals surface area (Å²) in [5, 5.41) is 9.40. The molecule has 308 valence electrons. The molecule has 0 aliphatic carbocycles. The number of nitrogens with one attached hydrogen (secondary N) is 3. The van der Waals surface area contributed by atoms with E-state index in [1.165, 1.54) is 7.05 Å². The first-order chi connectivity index (χ1) is 28.0. The van der Waals surface area contributed by atoms with Gasteiger partial charge in [-0.25, -0.2) is 9.78 Å². The molecular weight excluding hydrogens is 764 g/mol. The smallest absolute Gasteiger partial charge is 0.328 e. The maximum absolute atomic E-state index is 13.2. The largest absolute Gasteiger partial charge is 0.492 e. The van der Waals surface area contributed by atoms with Crippen LogP contribution >= 0.6 is 11.6 Å². The van der Waals surface area contributed by atoms with E-state index in [1.807, 2.05) is 50.2 Å². The molecule has 0 atom stereocenters. The molecule has 0 bridgehead atoms. The predicted molar refractivity (Wildman–Crippen MR) is 225 cm³/mol. The molecule has 3 N–H and O–H groups in total. The van der Waals surface area contributed by atoms with Crippen molar-refractivity contribution in [1.82, 2.24) is 30.1 Å². The van der Waals surface area contributed by atoms with E-state index in [9.17, 15) is 19.2 Å². The first-order valence-corrected chi connectivity index (χ1v) is 20.2. The summed E-state index contributed by atoms with van der Waals surface area (Å²) in [5.74, 6) is 1.77. The number of piperidine rings is 1. The number of para-hydroxylation sites is 1. The Hall–Kier alpha value is -5.61. The third-order valence-corrected chi connectivity index (χ3v) is 11.3. The fourth-order valence-corrected chi connectivity index (χ4v) is 8.16. The van der Waals surface area contributed by atoms with Crippen LogP contribution in [-0.4, -0.2) is 110 Å². The highest BCUT2D eigenvalue weighted by Crippen LogP contribution is 2.39. The molecule has 16 nitrogen and oxygen atoms in total. The number of likely N-dealkylation sites (N-methyl/N-ethyl adjacent to an activating group) is 1. The van der Waals surface area contributed by atoms with Crippen molar-refractivity contribution in [2.24, 2.45) is 5.92 Å². The molecule has 4 amide bonds. The molecule has 0 saturated carbocycles. The lowest BCUT2D eigenvalue weighted by atomic mass is 9.96. The Balaban J connectivity index is 0.965. The van der Waals surface area contributed by atoms with E-state index < -0.39 is 6.03 Å². The molecule has 2 aromatic heterocycles. The second-order valence-corrected chi connectivity index (χ2v) is 15.6. The molecule has 17 heteroatoms. The number of amides is 4. The van der Waals surface area contributed by atoms with Gasteiger partial charge in [0.25, 0.3) is 11.5 Å². The number of fused-ring (bicyclic) bond motifs is 1. The van der Waals surface area contributed by atoms with Crippen molar-refractivity contribution < 1.29 is 23.9 Å². The summed E-state index contributed by atoms with van der Waals surface area (Å²) in [6.07, 6.45) is 4.90. The van der Waals surface area contributed by atoms with Crippen LogP contribution in [-0.2, 0) is 9.59 Å². The van der Waals surface area contributed by atoms with Gasteiger partial charge >= 0.3 is 6.03 Å². The highest BCUT2D eigenvalue weighted by Gasteiger charge is 2.30. The van der Waals surface area contributed by atoms with Gasteiger partial charge in [-0.1, -0.05) is 17.7 Å². The minimum atomic E-state index is -0.427. The first-order valence-electron chi connectivity index (χ1n) is 19.9. The summed E-state index contributed by atoms with van der Waals surface area (Å²) in [6.45, 7) is 10.2. The van der Waals surface area contributed by atoms with Crippen LogP contribution in [0.15, 0.2) is 53.5 Å². The number of imide groups is 1. The molecule has 7 rings (SSSR count). The minimum absolute atomic E-state index is 0.0963. The number of nitrogens with zero attached hydrogens (tertiary/aromatic N) is 7. The van der Waals surface area contributed by atoms with Gasteiger partial charge in [0, 0.05) is 76.4 Å². The number of hydrogen-bond acceptors (Lipinski definition) is 12. The number of rotatable bonds is 12. The third kappa shape index (κ3) is 8.92. The fraction of sp³-hybridized carbons (Fsp3) is 0.463. The summed E-state index contributed by atoms with van der Waals surface area (Å²) >= 11 is 6.61. The van der Waals surface area contributed by atoms with Gasteiger partial charge in [-0.2, -0.15) is 4.98 Å². The zero-order valence-corrected chi connectivity index (χ0v) is 34.2. The summed E-state index contributed by atoms with van der Waals surface area (Å²) in [4.78, 5) is 67.6. The van der Waals surface area contributed by atoms with Gasteiger partial charge < -0.3 is 39.4 Å². The van der Waals surface area contributed by atoms with Crippen molar-refractivity contribution in [3.8, 4) is 11.5 Å². The van der Waals surface area contributed by atoms with Crippen molar-refractivity contribution in [3.63, 3.8) is 0 Å². The molecule has 3 fully saturated rings. The first kappa shape index (κ1) is 40.6. The van der Waals surface area contributed by atoms with Crippen LogP contribution in [0.5, 0.6) is 11.5 Å². The molecule has 0 radical (unpaired) electrons. The standard InChI is InChI=1S/C41H51ClN10O6/c1-26(2)52-31-10-9-29(21-28(31)22-34(39(52)55)58-25-36(54)43-3)45-38-30(42)23-44-40(47-38)50-16-11-27(12-17-50)24-48-14-6-15-49(20-19-48)32-7-5-8-33(37(32)57-4)51-18-13-35(53)46-41(51)56/h5,7-10,21-23,26-27H,6,11-20,24-25H2,1-4H3,(H,43,54)(H,44,45,47)(H,46,53,56). The van der Waals surface area contributed by atoms with Gasteiger partial charge in [0.2, 0.25) is 11.9 Å². The number of urea groups is 1. The van der Waals surface area contributed by atoms with Gasteiger partial charge in [-0.05, 0) is 82.0 Å². The molecule has 0 spiro atoms. The normalized spacial score (nSPS) is 17.0. The van der Waals surface area contributed by atoms with E-state index in [1.54, 1.807) is 28.8 Å². The van der Waals surface area contributed by atoms with Gasteiger partial charge in [-0.15, -0.1) is 0 Å². The number of pyridine rings is 1. The molecule has 58 heavy (non-hydrogen) atoms. The maximum Gasteiger partial charge on any atom is 0.328 e. The molecule has 2 aromatic carbocycles. The lowest BCUT2D eigenvalue weighted by molar-refractivity contribution is -0.122. The van der Waals surface area contributed by atoms with E-state index >= 15 is 0 Å².